The molecule has 1 rings (SSSR count). The van der Waals surface area contributed by atoms with E-state index in [1.165, 1.54) is 5.56 Å². The molecule has 0 saturated heterocycles. The van der Waals surface area contributed by atoms with Crippen molar-refractivity contribution in [1.29, 1.82) is 5.26 Å². The monoisotopic (exact) mass is 232 g/mol. The summed E-state index contributed by atoms with van der Waals surface area (Å²) in [5.74, 6) is 0. The first-order chi connectivity index (χ1) is 8.36. The SMILES string of the molecule is N#CCCCCNC(CO)Cc1ccccc1. The second-order valence-electron chi connectivity index (χ2n) is 4.14. The molecule has 0 spiro atoms. The number of aliphatic hydroxyl groups excluding tert-OH is 1. The molecule has 0 saturated carbocycles. The van der Waals surface area contributed by atoms with E-state index in [1.54, 1.807) is 0 Å². The molecule has 92 valence electrons. The Hall–Kier alpha value is -1.37. The summed E-state index contributed by atoms with van der Waals surface area (Å²) in [4.78, 5) is 0. The maximum Gasteiger partial charge on any atom is 0.0621 e. The fourth-order valence-corrected chi connectivity index (χ4v) is 1.74. The molecule has 0 aliphatic heterocycles. The minimum absolute atomic E-state index is 0.111. The maximum absolute atomic E-state index is 9.28. The second-order valence-corrected chi connectivity index (χ2v) is 4.14. The summed E-state index contributed by atoms with van der Waals surface area (Å²) < 4.78 is 0. The molecule has 0 heterocycles. The normalized spacial score (nSPS) is 12.0. The summed E-state index contributed by atoms with van der Waals surface area (Å²) in [6, 6.07) is 12.4. The zero-order valence-corrected chi connectivity index (χ0v) is 10.1. The fraction of sp³-hybridized carbons (Fsp3) is 0.500. The highest BCUT2D eigenvalue weighted by atomic mass is 16.3. The molecular weight excluding hydrogens is 212 g/mol. The smallest absolute Gasteiger partial charge is 0.0621 e. The van der Waals surface area contributed by atoms with E-state index in [1.807, 2.05) is 18.2 Å². The highest BCUT2D eigenvalue weighted by Crippen LogP contribution is 2.03. The Balaban J connectivity index is 2.22. The lowest BCUT2D eigenvalue weighted by molar-refractivity contribution is 0.241. The van der Waals surface area contributed by atoms with Gasteiger partial charge in [-0.3, -0.25) is 0 Å². The maximum atomic E-state index is 9.28. The van der Waals surface area contributed by atoms with Gasteiger partial charge in [0.25, 0.3) is 0 Å². The van der Waals surface area contributed by atoms with Crippen LogP contribution in [0.1, 0.15) is 24.8 Å². The van der Waals surface area contributed by atoms with Gasteiger partial charge in [0.1, 0.15) is 0 Å². The van der Waals surface area contributed by atoms with Crippen molar-refractivity contribution in [2.24, 2.45) is 0 Å². The Bertz CT molecular complexity index is 332. The van der Waals surface area contributed by atoms with Gasteiger partial charge in [0, 0.05) is 12.5 Å². The quantitative estimate of drug-likeness (QED) is 0.673. The van der Waals surface area contributed by atoms with Gasteiger partial charge in [0.2, 0.25) is 0 Å². The molecule has 0 bridgehead atoms. The lowest BCUT2D eigenvalue weighted by Crippen LogP contribution is -2.35. The Morgan fingerprint density at radius 3 is 2.65 bits per heavy atom. The number of nitriles is 1. The van der Waals surface area contributed by atoms with Crippen LogP contribution in [-0.4, -0.2) is 24.3 Å². The molecule has 1 atom stereocenters. The number of hydrogen-bond acceptors (Lipinski definition) is 3. The van der Waals surface area contributed by atoms with Crippen LogP contribution in [0, 0.1) is 11.3 Å². The van der Waals surface area contributed by atoms with Crippen molar-refractivity contribution in [1.82, 2.24) is 5.32 Å². The number of hydrogen-bond donors (Lipinski definition) is 2. The average molecular weight is 232 g/mol. The number of nitrogens with one attached hydrogen (secondary N) is 1. The second kappa shape index (κ2) is 8.74. The van der Waals surface area contributed by atoms with Crippen molar-refractivity contribution >= 4 is 0 Å². The number of nitrogens with zero attached hydrogens (tertiary/aromatic N) is 1. The van der Waals surface area contributed by atoms with E-state index in [2.05, 4.69) is 23.5 Å². The van der Waals surface area contributed by atoms with Crippen LogP contribution in [0.5, 0.6) is 0 Å². The zero-order chi connectivity index (χ0) is 12.3. The van der Waals surface area contributed by atoms with Crippen molar-refractivity contribution in [3.8, 4) is 6.07 Å². The van der Waals surface area contributed by atoms with Gasteiger partial charge in [0.15, 0.2) is 0 Å². The zero-order valence-electron chi connectivity index (χ0n) is 10.1. The largest absolute Gasteiger partial charge is 0.395 e. The Labute approximate surface area is 103 Å². The van der Waals surface area contributed by atoms with Gasteiger partial charge in [-0.15, -0.1) is 0 Å². The lowest BCUT2D eigenvalue weighted by atomic mass is 10.1. The lowest BCUT2D eigenvalue weighted by Gasteiger charge is -2.16. The number of unbranched alkanes of at least 4 members (excludes halogenated alkanes) is 2. The van der Waals surface area contributed by atoms with Crippen LogP contribution in [0.3, 0.4) is 0 Å². The summed E-state index contributed by atoms with van der Waals surface area (Å²) in [5.41, 5.74) is 1.23. The van der Waals surface area contributed by atoms with Crippen LogP contribution < -0.4 is 5.32 Å². The molecule has 1 aromatic rings. The van der Waals surface area contributed by atoms with Crippen LogP contribution in [0.4, 0.5) is 0 Å². The third kappa shape index (κ3) is 6.06. The third-order valence-electron chi connectivity index (χ3n) is 2.69. The third-order valence-corrected chi connectivity index (χ3v) is 2.69. The minimum atomic E-state index is 0.111. The van der Waals surface area contributed by atoms with Gasteiger partial charge in [0.05, 0.1) is 12.7 Å². The van der Waals surface area contributed by atoms with Crippen molar-refractivity contribution in [2.45, 2.75) is 31.7 Å². The van der Waals surface area contributed by atoms with Gasteiger partial charge < -0.3 is 10.4 Å². The highest BCUT2D eigenvalue weighted by Gasteiger charge is 2.06. The van der Waals surface area contributed by atoms with Crippen LogP contribution in [0.15, 0.2) is 30.3 Å². The molecule has 17 heavy (non-hydrogen) atoms. The first-order valence-corrected chi connectivity index (χ1v) is 6.12. The van der Waals surface area contributed by atoms with Gasteiger partial charge in [-0.25, -0.2) is 0 Å². The molecule has 1 unspecified atom stereocenters. The Morgan fingerprint density at radius 2 is 2.00 bits per heavy atom. The van der Waals surface area contributed by atoms with E-state index >= 15 is 0 Å². The van der Waals surface area contributed by atoms with Crippen LogP contribution in [0.2, 0.25) is 0 Å². The van der Waals surface area contributed by atoms with Gasteiger partial charge in [-0.2, -0.15) is 5.26 Å². The van der Waals surface area contributed by atoms with E-state index < -0.39 is 0 Å². The van der Waals surface area contributed by atoms with E-state index in [0.29, 0.717) is 6.42 Å². The van der Waals surface area contributed by atoms with E-state index in [4.69, 9.17) is 5.26 Å². The average Bonchev–Trinajstić information content (AvgIpc) is 2.38. The Kier molecular flexibility index (Phi) is 7.04. The molecule has 0 amide bonds. The first kappa shape index (κ1) is 13.7. The summed E-state index contributed by atoms with van der Waals surface area (Å²) >= 11 is 0. The highest BCUT2D eigenvalue weighted by molar-refractivity contribution is 5.15. The van der Waals surface area contributed by atoms with Crippen molar-refractivity contribution < 1.29 is 5.11 Å². The predicted octanol–water partition coefficient (Wildman–Crippen LogP) is 1.87. The molecule has 3 heteroatoms. The van der Waals surface area contributed by atoms with E-state index in [9.17, 15) is 5.11 Å². The number of aliphatic hydroxyl groups is 1. The van der Waals surface area contributed by atoms with E-state index in [-0.39, 0.29) is 12.6 Å². The van der Waals surface area contributed by atoms with Crippen molar-refractivity contribution in [3.63, 3.8) is 0 Å². The standard InChI is InChI=1S/C14H20N2O/c15-9-5-2-6-10-16-14(12-17)11-13-7-3-1-4-8-13/h1,3-4,7-8,14,16-17H,2,5-6,10-12H2. The molecule has 3 nitrogen and oxygen atoms in total. The summed E-state index contributed by atoms with van der Waals surface area (Å²) in [6.45, 7) is 1.01. The molecule has 0 radical (unpaired) electrons. The predicted molar refractivity (Wildman–Crippen MR) is 68.5 cm³/mol. The first-order valence-electron chi connectivity index (χ1n) is 6.12. The molecule has 2 N–H and O–H groups in total. The van der Waals surface area contributed by atoms with Crippen molar-refractivity contribution in [2.75, 3.05) is 13.2 Å². The summed E-state index contributed by atoms with van der Waals surface area (Å²) in [6.07, 6.45) is 3.37. The summed E-state index contributed by atoms with van der Waals surface area (Å²) in [5, 5.41) is 21.0. The van der Waals surface area contributed by atoms with Crippen LogP contribution in [-0.2, 0) is 6.42 Å². The van der Waals surface area contributed by atoms with Crippen molar-refractivity contribution in [3.05, 3.63) is 35.9 Å². The molecule has 0 aliphatic rings. The van der Waals surface area contributed by atoms with Gasteiger partial charge in [-0.1, -0.05) is 30.3 Å². The number of benzene rings is 1. The number of rotatable bonds is 8. The minimum Gasteiger partial charge on any atom is -0.395 e. The fourth-order valence-electron chi connectivity index (χ4n) is 1.74. The molecule has 0 fully saturated rings. The van der Waals surface area contributed by atoms with Crippen LogP contribution in [0.25, 0.3) is 0 Å². The summed E-state index contributed by atoms with van der Waals surface area (Å²) in [7, 11) is 0. The topological polar surface area (TPSA) is 56.0 Å². The van der Waals surface area contributed by atoms with Crippen LogP contribution >= 0.6 is 0 Å². The Morgan fingerprint density at radius 1 is 1.24 bits per heavy atom. The van der Waals surface area contributed by atoms with E-state index in [0.717, 1.165) is 25.8 Å². The molecular formula is C14H20N2O. The molecule has 0 aliphatic carbocycles. The van der Waals surface area contributed by atoms with Gasteiger partial charge >= 0.3 is 0 Å². The van der Waals surface area contributed by atoms with Gasteiger partial charge in [-0.05, 0) is 31.4 Å². The molecule has 0 aromatic heterocycles. The molecule has 1 aromatic carbocycles.